The van der Waals surface area contributed by atoms with Crippen molar-refractivity contribution in [1.29, 1.82) is 0 Å². The van der Waals surface area contributed by atoms with Gasteiger partial charge in [0.1, 0.15) is 12.1 Å². The van der Waals surface area contributed by atoms with E-state index in [-0.39, 0.29) is 17.4 Å². The zero-order valence-corrected chi connectivity index (χ0v) is 17.7. The maximum atomic E-state index is 12.8. The van der Waals surface area contributed by atoms with Crippen LogP contribution in [0.3, 0.4) is 0 Å². The van der Waals surface area contributed by atoms with E-state index in [0.29, 0.717) is 17.0 Å². The molecule has 2 heterocycles. The topological polar surface area (TPSA) is 173 Å². The Kier molecular flexibility index (Phi) is 6.45. The highest BCUT2D eigenvalue weighted by Crippen LogP contribution is 2.18. The number of hydrogen-bond donors (Lipinski definition) is 3. The number of nitrogens with one attached hydrogen (secondary N) is 2. The second-order valence-corrected chi connectivity index (χ2v) is 8.38. The van der Waals surface area contributed by atoms with Crippen LogP contribution < -0.4 is 10.6 Å². The Morgan fingerprint density at radius 3 is 2.34 bits per heavy atom. The lowest BCUT2D eigenvalue weighted by Gasteiger charge is -2.36. The Morgan fingerprint density at radius 2 is 1.78 bits per heavy atom. The number of imide groups is 1. The Labute approximate surface area is 183 Å². The van der Waals surface area contributed by atoms with Crippen LogP contribution >= 0.6 is 0 Å². The summed E-state index contributed by atoms with van der Waals surface area (Å²) in [4.78, 5) is 63.8. The number of amides is 6. The van der Waals surface area contributed by atoms with E-state index in [1.807, 2.05) is 0 Å². The minimum absolute atomic E-state index is 0.0577. The van der Waals surface area contributed by atoms with Gasteiger partial charge in [0.15, 0.2) is 0 Å². The van der Waals surface area contributed by atoms with E-state index in [1.165, 1.54) is 17.0 Å². The summed E-state index contributed by atoms with van der Waals surface area (Å²) in [5.74, 6) is -3.74. The monoisotopic (exact) mass is 467 g/mol. The van der Waals surface area contributed by atoms with Crippen LogP contribution in [0.4, 0.5) is 4.79 Å². The molecule has 0 aromatic heterocycles. The third kappa shape index (κ3) is 4.55. The highest BCUT2D eigenvalue weighted by Gasteiger charge is 2.45. The summed E-state index contributed by atoms with van der Waals surface area (Å²) in [5.41, 5.74) is 0.322. The first-order valence-electron chi connectivity index (χ1n) is 9.60. The number of urea groups is 1. The molecule has 32 heavy (non-hydrogen) atoms. The van der Waals surface area contributed by atoms with Crippen molar-refractivity contribution in [3.8, 4) is 0 Å². The zero-order chi connectivity index (χ0) is 23.6. The van der Waals surface area contributed by atoms with Gasteiger partial charge in [-0.25, -0.2) is 9.10 Å². The van der Waals surface area contributed by atoms with E-state index in [9.17, 15) is 32.4 Å². The van der Waals surface area contributed by atoms with Crippen molar-refractivity contribution < 1.29 is 36.9 Å². The van der Waals surface area contributed by atoms with Gasteiger partial charge in [0.05, 0.1) is 6.54 Å². The molecule has 1 aromatic rings. The number of carbonyl (C=O) groups is 5. The average molecular weight is 467 g/mol. The van der Waals surface area contributed by atoms with Crippen LogP contribution in [0.15, 0.2) is 30.3 Å². The van der Waals surface area contributed by atoms with Gasteiger partial charge in [-0.1, -0.05) is 30.3 Å². The van der Waals surface area contributed by atoms with Crippen molar-refractivity contribution in [2.24, 2.45) is 0 Å². The zero-order valence-electron chi connectivity index (χ0n) is 16.9. The Morgan fingerprint density at radius 1 is 1.12 bits per heavy atom. The van der Waals surface area contributed by atoms with Gasteiger partial charge in [0, 0.05) is 19.6 Å². The first kappa shape index (κ1) is 23.1. The SMILES string of the molecule is CCN1CCN(C(=O)NC(C(=O)NC2CN(S(=O)(=O)O)C2=O)c2ccccc2)C(=O)C1=O. The predicted octanol–water partition coefficient (Wildman–Crippen LogP) is -1.74. The van der Waals surface area contributed by atoms with Crippen LogP contribution in [-0.4, -0.2) is 89.0 Å². The van der Waals surface area contributed by atoms with Crippen molar-refractivity contribution in [1.82, 2.24) is 24.7 Å². The Bertz CT molecular complexity index is 1060. The molecule has 2 saturated heterocycles. The van der Waals surface area contributed by atoms with Crippen LogP contribution in [0, 0.1) is 0 Å². The maximum Gasteiger partial charge on any atom is 0.362 e. The third-order valence-electron chi connectivity index (χ3n) is 5.09. The van der Waals surface area contributed by atoms with E-state index in [0.717, 1.165) is 0 Å². The molecular formula is C18H21N5O8S. The molecule has 0 aliphatic carbocycles. The fourth-order valence-corrected chi connectivity index (χ4v) is 3.97. The number of rotatable bonds is 6. The molecule has 2 aliphatic rings. The lowest BCUT2D eigenvalue weighted by Crippen LogP contribution is -2.66. The van der Waals surface area contributed by atoms with Crippen molar-refractivity contribution >= 4 is 40.0 Å². The molecule has 2 atom stereocenters. The quantitative estimate of drug-likeness (QED) is 0.251. The molecule has 1 aromatic carbocycles. The maximum absolute atomic E-state index is 12.8. The number of hydrogen-bond acceptors (Lipinski definition) is 7. The first-order chi connectivity index (χ1) is 15.0. The fourth-order valence-electron chi connectivity index (χ4n) is 3.28. The second kappa shape index (κ2) is 8.92. The summed E-state index contributed by atoms with van der Waals surface area (Å²) in [6, 6.07) is 4.40. The minimum Gasteiger partial charge on any atom is -0.341 e. The van der Waals surface area contributed by atoms with E-state index >= 15 is 0 Å². The fraction of sp³-hybridized carbons (Fsp3) is 0.389. The first-order valence-corrected chi connectivity index (χ1v) is 11.0. The molecule has 0 spiro atoms. The molecule has 2 fully saturated rings. The van der Waals surface area contributed by atoms with Gasteiger partial charge in [0.2, 0.25) is 5.91 Å². The number of β-lactam (4-membered cyclic amide) rings is 1. The molecule has 3 N–H and O–H groups in total. The standard InChI is InChI=1S/C18H21N5O8S/c1-2-21-8-9-22(17(27)16(21)26)18(28)20-13(11-6-4-3-5-7-11)14(24)19-12-10-23(15(12)25)32(29,30)31/h3-7,12-13H,2,8-10H2,1H3,(H,19,24)(H,20,28)(H,29,30,31). The smallest absolute Gasteiger partial charge is 0.341 e. The van der Waals surface area contributed by atoms with Gasteiger partial charge in [-0.3, -0.25) is 28.6 Å². The number of carbonyl (C=O) groups excluding carboxylic acids is 5. The summed E-state index contributed by atoms with van der Waals surface area (Å²) in [6.07, 6.45) is 0. The molecule has 13 nitrogen and oxygen atoms in total. The van der Waals surface area contributed by atoms with Gasteiger partial charge < -0.3 is 15.5 Å². The predicted molar refractivity (Wildman–Crippen MR) is 107 cm³/mol. The van der Waals surface area contributed by atoms with E-state index < -0.39 is 58.6 Å². The van der Waals surface area contributed by atoms with E-state index in [2.05, 4.69) is 10.6 Å². The van der Waals surface area contributed by atoms with Crippen molar-refractivity contribution in [2.75, 3.05) is 26.2 Å². The third-order valence-corrected chi connectivity index (χ3v) is 5.97. The molecule has 3 rings (SSSR count). The number of likely N-dealkylation sites (N-methyl/N-ethyl adjacent to an activating group) is 1. The molecule has 6 amide bonds. The number of nitrogens with zero attached hydrogens (tertiary/aromatic N) is 3. The van der Waals surface area contributed by atoms with Gasteiger partial charge >= 0.3 is 28.1 Å². The lowest BCUT2D eigenvalue weighted by molar-refractivity contribution is -0.153. The van der Waals surface area contributed by atoms with Gasteiger partial charge in [-0.2, -0.15) is 8.42 Å². The Hall–Kier alpha value is -3.52. The van der Waals surface area contributed by atoms with Crippen LogP contribution in [0.25, 0.3) is 0 Å². The normalized spacial score (nSPS) is 20.0. The lowest BCUT2D eigenvalue weighted by atomic mass is 10.0. The largest absolute Gasteiger partial charge is 0.362 e. The molecule has 0 bridgehead atoms. The summed E-state index contributed by atoms with van der Waals surface area (Å²) >= 11 is 0. The average Bonchev–Trinajstić information content (AvgIpc) is 2.75. The van der Waals surface area contributed by atoms with E-state index in [4.69, 9.17) is 4.55 Å². The molecule has 2 aliphatic heterocycles. The Balaban J connectivity index is 1.74. The number of piperazine rings is 1. The summed E-state index contributed by atoms with van der Waals surface area (Å²) < 4.78 is 31.2. The second-order valence-electron chi connectivity index (χ2n) is 7.04. The van der Waals surface area contributed by atoms with Gasteiger partial charge in [-0.15, -0.1) is 0 Å². The molecule has 0 saturated carbocycles. The van der Waals surface area contributed by atoms with Crippen LogP contribution in [0.1, 0.15) is 18.5 Å². The summed E-state index contributed by atoms with van der Waals surface area (Å²) in [7, 11) is -4.73. The van der Waals surface area contributed by atoms with Crippen LogP contribution in [0.5, 0.6) is 0 Å². The van der Waals surface area contributed by atoms with Crippen LogP contribution in [-0.2, 0) is 29.5 Å². The van der Waals surface area contributed by atoms with Crippen molar-refractivity contribution in [3.05, 3.63) is 35.9 Å². The minimum atomic E-state index is -4.73. The molecule has 172 valence electrons. The van der Waals surface area contributed by atoms with E-state index in [1.54, 1.807) is 25.1 Å². The summed E-state index contributed by atoms with van der Waals surface area (Å²) in [5, 5.41) is 4.70. The molecule has 14 heteroatoms. The molecule has 0 radical (unpaired) electrons. The van der Waals surface area contributed by atoms with Crippen molar-refractivity contribution in [3.63, 3.8) is 0 Å². The highest BCUT2D eigenvalue weighted by molar-refractivity contribution is 7.84. The number of benzene rings is 1. The molecule has 2 unspecified atom stereocenters. The van der Waals surface area contributed by atoms with Crippen LogP contribution in [0.2, 0.25) is 0 Å². The highest BCUT2D eigenvalue weighted by atomic mass is 32.2. The molecular weight excluding hydrogens is 446 g/mol. The van der Waals surface area contributed by atoms with Crippen molar-refractivity contribution in [2.45, 2.75) is 19.0 Å². The van der Waals surface area contributed by atoms with Gasteiger partial charge in [0.25, 0.3) is 5.91 Å². The summed E-state index contributed by atoms with van der Waals surface area (Å²) in [6.45, 7) is 1.63. The van der Waals surface area contributed by atoms with Gasteiger partial charge in [-0.05, 0) is 12.5 Å².